The molecule has 176 valence electrons. The van der Waals surface area contributed by atoms with Crippen LogP contribution in [0.3, 0.4) is 0 Å². The Hall–Kier alpha value is -2.98. The van der Waals surface area contributed by atoms with Crippen molar-refractivity contribution in [3.63, 3.8) is 0 Å². The van der Waals surface area contributed by atoms with Crippen molar-refractivity contribution in [3.05, 3.63) is 35.4 Å². The summed E-state index contributed by atoms with van der Waals surface area (Å²) in [5.41, 5.74) is 1.13. The van der Waals surface area contributed by atoms with E-state index in [2.05, 4.69) is 30.2 Å². The molecule has 3 heterocycles. The number of piperazine rings is 1. The lowest BCUT2D eigenvalue weighted by Gasteiger charge is -2.35. The molecule has 0 atom stereocenters. The SMILES string of the molecule is Cc1nc(NCCN2CCN(C(=O)OC(C)(C)C)CC2)nc(-n2c(Cl)nc3ccccc32)n1. The normalized spacial score (nSPS) is 15.1. The Morgan fingerprint density at radius 2 is 1.82 bits per heavy atom. The summed E-state index contributed by atoms with van der Waals surface area (Å²) in [5, 5.41) is 3.58. The van der Waals surface area contributed by atoms with Gasteiger partial charge in [-0.15, -0.1) is 0 Å². The van der Waals surface area contributed by atoms with Gasteiger partial charge in [-0.2, -0.15) is 15.0 Å². The average Bonchev–Trinajstić information content (AvgIpc) is 3.08. The second-order valence-electron chi connectivity index (χ2n) is 8.95. The van der Waals surface area contributed by atoms with Crippen molar-refractivity contribution < 1.29 is 9.53 Å². The summed E-state index contributed by atoms with van der Waals surface area (Å²) < 4.78 is 7.17. The quantitative estimate of drug-likeness (QED) is 0.604. The number of benzene rings is 1. The summed E-state index contributed by atoms with van der Waals surface area (Å²) in [6.45, 7) is 11.8. The van der Waals surface area contributed by atoms with Gasteiger partial charge in [0.15, 0.2) is 0 Å². The third kappa shape index (κ3) is 5.69. The van der Waals surface area contributed by atoms with Gasteiger partial charge in [-0.3, -0.25) is 9.47 Å². The van der Waals surface area contributed by atoms with Crippen LogP contribution in [0.1, 0.15) is 26.6 Å². The highest BCUT2D eigenvalue weighted by Gasteiger charge is 2.25. The van der Waals surface area contributed by atoms with Crippen LogP contribution < -0.4 is 5.32 Å². The number of hydrogen-bond donors (Lipinski definition) is 1. The Morgan fingerprint density at radius 1 is 1.09 bits per heavy atom. The molecular formula is C22H29ClN8O2. The first kappa shape index (κ1) is 23.2. The molecule has 0 unspecified atom stereocenters. The summed E-state index contributed by atoms with van der Waals surface area (Å²) in [6, 6.07) is 7.66. The minimum absolute atomic E-state index is 0.251. The number of rotatable bonds is 5. The van der Waals surface area contributed by atoms with E-state index in [1.54, 1.807) is 9.47 Å². The van der Waals surface area contributed by atoms with E-state index < -0.39 is 5.60 Å². The van der Waals surface area contributed by atoms with E-state index in [9.17, 15) is 4.79 Å². The van der Waals surface area contributed by atoms with Crippen LogP contribution in [0.4, 0.5) is 10.7 Å². The molecule has 1 amide bonds. The van der Waals surface area contributed by atoms with Crippen molar-refractivity contribution in [2.75, 3.05) is 44.6 Å². The second-order valence-corrected chi connectivity index (χ2v) is 9.29. The van der Waals surface area contributed by atoms with Crippen LogP contribution in [0.15, 0.2) is 24.3 Å². The Kier molecular flexibility index (Phi) is 6.66. The smallest absolute Gasteiger partial charge is 0.410 e. The van der Waals surface area contributed by atoms with E-state index in [4.69, 9.17) is 16.3 Å². The van der Waals surface area contributed by atoms with Crippen LogP contribution in [0, 0.1) is 6.92 Å². The molecule has 0 bridgehead atoms. The summed E-state index contributed by atoms with van der Waals surface area (Å²) in [6.07, 6.45) is -0.251. The molecule has 33 heavy (non-hydrogen) atoms. The summed E-state index contributed by atoms with van der Waals surface area (Å²) in [7, 11) is 0. The number of amides is 1. The number of anilines is 1. The van der Waals surface area contributed by atoms with Crippen LogP contribution in [-0.2, 0) is 4.74 Å². The molecule has 0 saturated carbocycles. The lowest BCUT2D eigenvalue weighted by molar-refractivity contribution is 0.0148. The Morgan fingerprint density at radius 3 is 2.55 bits per heavy atom. The largest absolute Gasteiger partial charge is 0.444 e. The summed E-state index contributed by atoms with van der Waals surface area (Å²) in [5.74, 6) is 1.50. The summed E-state index contributed by atoms with van der Waals surface area (Å²) >= 11 is 6.37. The maximum atomic E-state index is 12.2. The lowest BCUT2D eigenvalue weighted by atomic mass is 10.2. The fourth-order valence-electron chi connectivity index (χ4n) is 3.64. The number of imidazole rings is 1. The molecule has 1 saturated heterocycles. The molecule has 0 radical (unpaired) electrons. The maximum absolute atomic E-state index is 12.2. The van der Waals surface area contributed by atoms with Crippen molar-refractivity contribution >= 4 is 34.7 Å². The molecule has 1 fully saturated rings. The number of nitrogens with one attached hydrogen (secondary N) is 1. The molecule has 1 aliphatic rings. The number of ether oxygens (including phenoxy) is 1. The summed E-state index contributed by atoms with van der Waals surface area (Å²) in [4.78, 5) is 34.1. The molecule has 11 heteroatoms. The monoisotopic (exact) mass is 472 g/mol. The van der Waals surface area contributed by atoms with E-state index >= 15 is 0 Å². The number of hydrogen-bond acceptors (Lipinski definition) is 8. The molecule has 0 spiro atoms. The fraction of sp³-hybridized carbons (Fsp3) is 0.500. The second kappa shape index (κ2) is 9.48. The standard InChI is InChI=1S/C22H29ClN8O2/c1-15-25-19(28-20(26-15)31-17-8-6-5-7-16(17)27-18(31)23)24-9-10-29-11-13-30(14-12-29)21(32)33-22(2,3)4/h5-8H,9-14H2,1-4H3,(H,24,25,26,28). The van der Waals surface area contributed by atoms with Crippen LogP contribution >= 0.6 is 11.6 Å². The van der Waals surface area contributed by atoms with Crippen molar-refractivity contribution in [3.8, 4) is 5.95 Å². The van der Waals surface area contributed by atoms with Crippen molar-refractivity contribution in [1.29, 1.82) is 0 Å². The number of nitrogens with zero attached hydrogens (tertiary/aromatic N) is 7. The number of aromatic nitrogens is 5. The van der Waals surface area contributed by atoms with Crippen LogP contribution in [0.25, 0.3) is 17.0 Å². The molecule has 10 nitrogen and oxygen atoms in total. The molecule has 1 aromatic carbocycles. The number of aryl methyl sites for hydroxylation is 1. The zero-order valence-electron chi connectivity index (χ0n) is 19.4. The topological polar surface area (TPSA) is 101 Å². The van der Waals surface area contributed by atoms with Gasteiger partial charge >= 0.3 is 6.09 Å². The van der Waals surface area contributed by atoms with E-state index in [0.29, 0.717) is 42.6 Å². The number of fused-ring (bicyclic) bond motifs is 1. The minimum Gasteiger partial charge on any atom is -0.444 e. The highest BCUT2D eigenvalue weighted by atomic mass is 35.5. The van der Waals surface area contributed by atoms with E-state index in [-0.39, 0.29) is 6.09 Å². The first-order valence-electron chi connectivity index (χ1n) is 11.0. The van der Waals surface area contributed by atoms with Gasteiger partial charge < -0.3 is 15.0 Å². The average molecular weight is 473 g/mol. The van der Waals surface area contributed by atoms with Crippen LogP contribution in [-0.4, -0.2) is 85.3 Å². The van der Waals surface area contributed by atoms with Gasteiger partial charge in [-0.05, 0) is 51.4 Å². The Labute approximate surface area is 197 Å². The van der Waals surface area contributed by atoms with E-state index in [1.165, 1.54) is 0 Å². The molecule has 0 aliphatic carbocycles. The van der Waals surface area contributed by atoms with Gasteiger partial charge in [0.25, 0.3) is 0 Å². The van der Waals surface area contributed by atoms with Crippen molar-refractivity contribution in [1.82, 2.24) is 34.3 Å². The zero-order valence-corrected chi connectivity index (χ0v) is 20.1. The molecular weight excluding hydrogens is 444 g/mol. The van der Waals surface area contributed by atoms with E-state index in [1.807, 2.05) is 52.0 Å². The van der Waals surface area contributed by atoms with Gasteiger partial charge in [0.1, 0.15) is 11.4 Å². The predicted octanol–water partition coefficient (Wildman–Crippen LogP) is 3.14. The number of carbonyl (C=O) groups is 1. The maximum Gasteiger partial charge on any atom is 0.410 e. The molecule has 4 rings (SSSR count). The molecule has 2 aromatic heterocycles. The predicted molar refractivity (Wildman–Crippen MR) is 127 cm³/mol. The van der Waals surface area contributed by atoms with Crippen LogP contribution in [0.2, 0.25) is 5.28 Å². The Bertz CT molecular complexity index is 1140. The fourth-order valence-corrected chi connectivity index (χ4v) is 3.90. The highest BCUT2D eigenvalue weighted by molar-refractivity contribution is 6.29. The third-order valence-corrected chi connectivity index (χ3v) is 5.44. The van der Waals surface area contributed by atoms with Gasteiger partial charge in [-0.1, -0.05) is 12.1 Å². The molecule has 1 aliphatic heterocycles. The zero-order chi connectivity index (χ0) is 23.6. The van der Waals surface area contributed by atoms with Crippen molar-refractivity contribution in [2.24, 2.45) is 0 Å². The highest BCUT2D eigenvalue weighted by Crippen LogP contribution is 2.23. The van der Waals surface area contributed by atoms with Gasteiger partial charge in [0.05, 0.1) is 11.0 Å². The number of para-hydroxylation sites is 2. The lowest BCUT2D eigenvalue weighted by Crippen LogP contribution is -2.50. The number of halogens is 1. The van der Waals surface area contributed by atoms with Crippen LogP contribution in [0.5, 0.6) is 0 Å². The van der Waals surface area contributed by atoms with Crippen molar-refractivity contribution in [2.45, 2.75) is 33.3 Å². The Balaban J connectivity index is 1.34. The third-order valence-electron chi connectivity index (χ3n) is 5.19. The van der Waals surface area contributed by atoms with E-state index in [0.717, 1.165) is 30.7 Å². The molecule has 1 N–H and O–H groups in total. The van der Waals surface area contributed by atoms with Gasteiger partial charge in [-0.25, -0.2) is 9.78 Å². The molecule has 3 aromatic rings. The first-order valence-corrected chi connectivity index (χ1v) is 11.4. The minimum atomic E-state index is -0.479. The van der Waals surface area contributed by atoms with Gasteiger partial charge in [0.2, 0.25) is 17.2 Å². The first-order chi connectivity index (χ1) is 15.7. The number of carbonyl (C=O) groups excluding carboxylic acids is 1. The van der Waals surface area contributed by atoms with Gasteiger partial charge in [0, 0.05) is 39.3 Å².